The number of methoxy groups -OCH3 is 1. The molecule has 1 heterocycles. The average molecular weight is 404 g/mol. The van der Waals surface area contributed by atoms with E-state index < -0.39 is 17.1 Å². The molecule has 0 saturated carbocycles. The van der Waals surface area contributed by atoms with Gasteiger partial charge in [-0.2, -0.15) is 4.98 Å². The number of hydrogen-bond donors (Lipinski definition) is 2. The maximum atomic E-state index is 13.3. The van der Waals surface area contributed by atoms with Crippen LogP contribution in [0.1, 0.15) is 16.7 Å². The zero-order valence-corrected chi connectivity index (χ0v) is 16.3. The van der Waals surface area contributed by atoms with Crippen molar-refractivity contribution in [2.24, 2.45) is 0 Å². The molecule has 0 aliphatic carbocycles. The summed E-state index contributed by atoms with van der Waals surface area (Å²) in [5.41, 5.74) is 2.60. The van der Waals surface area contributed by atoms with Crippen molar-refractivity contribution in [2.45, 2.75) is 20.4 Å². The van der Waals surface area contributed by atoms with E-state index in [0.29, 0.717) is 10.6 Å². The van der Waals surface area contributed by atoms with Crippen molar-refractivity contribution in [3.8, 4) is 11.5 Å². The second-order valence-electron chi connectivity index (χ2n) is 6.39. The molecule has 6 nitrogen and oxygen atoms in total. The van der Waals surface area contributed by atoms with Gasteiger partial charge in [-0.3, -0.25) is 4.79 Å². The summed E-state index contributed by atoms with van der Waals surface area (Å²) in [6.45, 7) is 3.99. The van der Waals surface area contributed by atoms with Gasteiger partial charge in [0.1, 0.15) is 0 Å². The number of phenols is 1. The molecular weight excluding hydrogens is 385 g/mol. The molecule has 0 bridgehead atoms. The summed E-state index contributed by atoms with van der Waals surface area (Å²) in [7, 11) is 1.38. The Balaban J connectivity index is 2.04. The van der Waals surface area contributed by atoms with Crippen LogP contribution in [0.15, 0.2) is 41.3 Å². The third kappa shape index (κ3) is 4.09. The number of aromatic nitrogens is 2. The number of benzene rings is 2. The number of phenolic OH excluding ortho intramolecular Hbond substituents is 1. The summed E-state index contributed by atoms with van der Waals surface area (Å²) >= 11 is 6.15. The largest absolute Gasteiger partial charge is 0.505 e. The zero-order chi connectivity index (χ0) is 20.4. The Morgan fingerprint density at radius 2 is 2.00 bits per heavy atom. The van der Waals surface area contributed by atoms with E-state index in [1.807, 2.05) is 26.0 Å². The van der Waals surface area contributed by atoms with Crippen molar-refractivity contribution >= 4 is 23.2 Å². The standard InChI is InChI=1S/C20H19ClFN3O3/c1-11-7-16(12(2)6-14(11)21)23-20-24-19(27)18(28-3)10-25(20)9-13-4-5-15(22)17(26)8-13/h4-8,10,26H,9H2,1-3H3,(H,23,24,27). The molecule has 0 aliphatic rings. The van der Waals surface area contributed by atoms with Crippen LogP contribution >= 0.6 is 11.6 Å². The van der Waals surface area contributed by atoms with Gasteiger partial charge in [0.25, 0.3) is 0 Å². The van der Waals surface area contributed by atoms with Crippen molar-refractivity contribution in [3.63, 3.8) is 0 Å². The molecule has 0 spiro atoms. The monoisotopic (exact) mass is 403 g/mol. The van der Waals surface area contributed by atoms with Crippen LogP contribution in [0.2, 0.25) is 5.02 Å². The molecule has 8 heteroatoms. The maximum Gasteiger partial charge on any atom is 0.316 e. The van der Waals surface area contributed by atoms with E-state index in [-0.39, 0.29) is 18.2 Å². The van der Waals surface area contributed by atoms with E-state index in [1.165, 1.54) is 25.4 Å². The topological polar surface area (TPSA) is 76.4 Å². The number of anilines is 2. The molecule has 1 aromatic heterocycles. The molecule has 0 amide bonds. The normalized spacial score (nSPS) is 10.8. The molecule has 146 valence electrons. The van der Waals surface area contributed by atoms with E-state index in [2.05, 4.69) is 10.3 Å². The molecule has 2 aromatic carbocycles. The zero-order valence-electron chi connectivity index (χ0n) is 15.6. The first-order valence-corrected chi connectivity index (χ1v) is 8.83. The van der Waals surface area contributed by atoms with Crippen molar-refractivity contribution in [1.82, 2.24) is 9.55 Å². The van der Waals surface area contributed by atoms with Crippen LogP contribution in [0.3, 0.4) is 0 Å². The van der Waals surface area contributed by atoms with Crippen LogP contribution in [0, 0.1) is 19.7 Å². The Morgan fingerprint density at radius 3 is 2.68 bits per heavy atom. The molecule has 2 N–H and O–H groups in total. The van der Waals surface area contributed by atoms with Gasteiger partial charge in [0.15, 0.2) is 11.6 Å². The quantitative estimate of drug-likeness (QED) is 0.669. The Kier molecular flexibility index (Phi) is 5.56. The van der Waals surface area contributed by atoms with Crippen LogP contribution in [-0.2, 0) is 6.54 Å². The number of aryl methyl sites for hydroxylation is 2. The van der Waals surface area contributed by atoms with Gasteiger partial charge in [0.2, 0.25) is 11.7 Å². The number of halogens is 2. The van der Waals surface area contributed by atoms with E-state index in [1.54, 1.807) is 10.6 Å². The Labute approximate surface area is 166 Å². The number of ether oxygens (including phenoxy) is 1. The number of rotatable bonds is 5. The lowest BCUT2D eigenvalue weighted by Crippen LogP contribution is -2.19. The van der Waals surface area contributed by atoms with Gasteiger partial charge in [-0.05, 0) is 54.8 Å². The van der Waals surface area contributed by atoms with Gasteiger partial charge in [-0.1, -0.05) is 17.7 Å². The van der Waals surface area contributed by atoms with Crippen LogP contribution in [0.5, 0.6) is 11.5 Å². The minimum atomic E-state index is -0.704. The molecule has 0 radical (unpaired) electrons. The highest BCUT2D eigenvalue weighted by molar-refractivity contribution is 6.31. The van der Waals surface area contributed by atoms with Crippen LogP contribution in [0.4, 0.5) is 16.0 Å². The second kappa shape index (κ2) is 7.90. The summed E-state index contributed by atoms with van der Waals surface area (Å²) in [6, 6.07) is 7.73. The van der Waals surface area contributed by atoms with Crippen molar-refractivity contribution < 1.29 is 14.2 Å². The van der Waals surface area contributed by atoms with Crippen LogP contribution < -0.4 is 15.6 Å². The lowest BCUT2D eigenvalue weighted by Gasteiger charge is -2.17. The molecule has 3 rings (SSSR count). The molecule has 0 atom stereocenters. The highest BCUT2D eigenvalue weighted by Gasteiger charge is 2.13. The fourth-order valence-electron chi connectivity index (χ4n) is 2.72. The lowest BCUT2D eigenvalue weighted by molar-refractivity contribution is 0.402. The molecule has 0 fully saturated rings. The van der Waals surface area contributed by atoms with Crippen LogP contribution in [-0.4, -0.2) is 21.8 Å². The van der Waals surface area contributed by atoms with E-state index in [9.17, 15) is 14.3 Å². The van der Waals surface area contributed by atoms with Crippen molar-refractivity contribution in [3.05, 3.63) is 74.4 Å². The Hall–Kier alpha value is -3.06. The van der Waals surface area contributed by atoms with Gasteiger partial charge in [0, 0.05) is 10.7 Å². The molecule has 28 heavy (non-hydrogen) atoms. The molecule has 3 aromatic rings. The summed E-state index contributed by atoms with van der Waals surface area (Å²) in [4.78, 5) is 16.2. The molecular formula is C20H19ClFN3O3. The molecule has 0 aliphatic heterocycles. The smallest absolute Gasteiger partial charge is 0.316 e. The van der Waals surface area contributed by atoms with E-state index in [0.717, 1.165) is 16.8 Å². The second-order valence-corrected chi connectivity index (χ2v) is 6.80. The first-order valence-electron chi connectivity index (χ1n) is 8.45. The average Bonchev–Trinajstić information content (AvgIpc) is 2.64. The first kappa shape index (κ1) is 19.7. The number of aromatic hydroxyl groups is 1. The maximum absolute atomic E-state index is 13.3. The minimum absolute atomic E-state index is 0.0703. The Bertz CT molecular complexity index is 1100. The minimum Gasteiger partial charge on any atom is -0.505 e. The SMILES string of the molecule is COc1cn(Cc2ccc(F)c(O)c2)c(Nc2cc(C)c(Cl)cc2C)nc1=O. The first-order chi connectivity index (χ1) is 13.3. The van der Waals surface area contributed by atoms with Crippen molar-refractivity contribution in [1.29, 1.82) is 0 Å². The van der Waals surface area contributed by atoms with Gasteiger partial charge in [0.05, 0.1) is 19.9 Å². The van der Waals surface area contributed by atoms with Crippen molar-refractivity contribution in [2.75, 3.05) is 12.4 Å². The number of hydrogen-bond acceptors (Lipinski definition) is 5. The van der Waals surface area contributed by atoms with E-state index >= 15 is 0 Å². The Morgan fingerprint density at radius 1 is 1.25 bits per heavy atom. The van der Waals surface area contributed by atoms with Gasteiger partial charge < -0.3 is 19.7 Å². The predicted octanol–water partition coefficient (Wildman–Crippen LogP) is 4.16. The summed E-state index contributed by atoms with van der Waals surface area (Å²) < 4.78 is 20.1. The molecule has 0 saturated heterocycles. The predicted molar refractivity (Wildman–Crippen MR) is 106 cm³/mol. The third-order valence-electron chi connectivity index (χ3n) is 4.30. The fourth-order valence-corrected chi connectivity index (χ4v) is 2.94. The summed E-state index contributed by atoms with van der Waals surface area (Å²) in [5, 5.41) is 13.4. The van der Waals surface area contributed by atoms with Gasteiger partial charge in [-0.15, -0.1) is 0 Å². The fraction of sp³-hybridized carbons (Fsp3) is 0.200. The highest BCUT2D eigenvalue weighted by Crippen LogP contribution is 2.27. The summed E-state index contributed by atoms with van der Waals surface area (Å²) in [5.74, 6) is -0.803. The summed E-state index contributed by atoms with van der Waals surface area (Å²) in [6.07, 6.45) is 1.51. The van der Waals surface area contributed by atoms with Crippen LogP contribution in [0.25, 0.3) is 0 Å². The number of nitrogens with zero attached hydrogens (tertiary/aromatic N) is 2. The van der Waals surface area contributed by atoms with Gasteiger partial charge in [-0.25, -0.2) is 4.39 Å². The highest BCUT2D eigenvalue weighted by atomic mass is 35.5. The number of nitrogens with one attached hydrogen (secondary N) is 1. The van der Waals surface area contributed by atoms with Gasteiger partial charge >= 0.3 is 5.56 Å². The third-order valence-corrected chi connectivity index (χ3v) is 4.71. The lowest BCUT2D eigenvalue weighted by atomic mass is 10.1. The molecule has 0 unspecified atom stereocenters. The van der Waals surface area contributed by atoms with E-state index in [4.69, 9.17) is 16.3 Å².